The maximum absolute atomic E-state index is 13.5. The zero-order valence-corrected chi connectivity index (χ0v) is 18.0. The first-order valence-electron chi connectivity index (χ1n) is 10.7. The molecular weight excluding hydrogens is 394 g/mol. The Kier molecular flexibility index (Phi) is 4.39. The molecule has 2 aromatic heterocycles. The molecule has 5 rings (SSSR count). The molecule has 1 saturated carbocycles. The Bertz CT molecular complexity index is 1150. The van der Waals surface area contributed by atoms with E-state index in [1.165, 1.54) is 0 Å². The normalized spacial score (nSPS) is 24.5. The Morgan fingerprint density at radius 3 is 2.87 bits per heavy atom. The summed E-state index contributed by atoms with van der Waals surface area (Å²) in [4.78, 5) is 31.3. The number of hydrogen-bond acceptors (Lipinski definition) is 5. The van der Waals surface area contributed by atoms with Crippen LogP contribution in [-0.4, -0.2) is 54.9 Å². The molecule has 31 heavy (non-hydrogen) atoms. The van der Waals surface area contributed by atoms with Crippen LogP contribution in [0.1, 0.15) is 66.6 Å². The maximum atomic E-state index is 13.5. The van der Waals surface area contributed by atoms with Crippen LogP contribution < -0.4 is 5.32 Å². The van der Waals surface area contributed by atoms with Gasteiger partial charge in [-0.1, -0.05) is 26.0 Å². The Morgan fingerprint density at radius 2 is 2.10 bits per heavy atom. The second-order valence-electron chi connectivity index (χ2n) is 10.1. The highest BCUT2D eigenvalue weighted by atomic mass is 16.2. The van der Waals surface area contributed by atoms with Crippen molar-refractivity contribution in [2.24, 2.45) is 10.8 Å². The number of hydrogen-bond donors (Lipinski definition) is 3. The van der Waals surface area contributed by atoms with Gasteiger partial charge in [-0.15, -0.1) is 10.2 Å². The standard InChI is InChI=1S/C22H27N7O2/c1-21(2)7-14-8-22(3,11-21)12-29(14)20(31)13-4-5-17-15(6-13)16(9-23-17)19(30)24-10-18-25-27-28-26-18/h4-6,9,14,23H,7-8,10-12H2,1-3H3,(H,24,30)(H,25,26,27,28). The van der Waals surface area contributed by atoms with Crippen molar-refractivity contribution in [3.8, 4) is 0 Å². The fourth-order valence-electron chi connectivity index (χ4n) is 5.82. The van der Waals surface area contributed by atoms with Crippen molar-refractivity contribution in [1.29, 1.82) is 0 Å². The largest absolute Gasteiger partial charge is 0.360 e. The van der Waals surface area contributed by atoms with Crippen molar-refractivity contribution in [3.63, 3.8) is 0 Å². The number of aromatic nitrogens is 5. The number of rotatable bonds is 4. The van der Waals surface area contributed by atoms with Crippen molar-refractivity contribution in [3.05, 3.63) is 41.3 Å². The number of benzene rings is 1. The van der Waals surface area contributed by atoms with E-state index in [4.69, 9.17) is 0 Å². The summed E-state index contributed by atoms with van der Waals surface area (Å²) in [5.74, 6) is 0.195. The summed E-state index contributed by atoms with van der Waals surface area (Å²) in [7, 11) is 0. The fraction of sp³-hybridized carbons (Fsp3) is 0.500. The highest BCUT2D eigenvalue weighted by molar-refractivity contribution is 6.08. The predicted octanol–water partition coefficient (Wildman–Crippen LogP) is 2.65. The molecule has 2 atom stereocenters. The van der Waals surface area contributed by atoms with Crippen LogP contribution in [-0.2, 0) is 6.54 Å². The van der Waals surface area contributed by atoms with Crippen molar-refractivity contribution >= 4 is 22.7 Å². The van der Waals surface area contributed by atoms with Gasteiger partial charge in [-0.05, 0) is 48.3 Å². The van der Waals surface area contributed by atoms with Gasteiger partial charge < -0.3 is 15.2 Å². The van der Waals surface area contributed by atoms with Crippen LogP contribution in [0, 0.1) is 10.8 Å². The van der Waals surface area contributed by atoms with E-state index in [1.807, 2.05) is 18.2 Å². The van der Waals surface area contributed by atoms with Gasteiger partial charge in [0.05, 0.1) is 12.1 Å². The molecule has 2 unspecified atom stereocenters. The maximum Gasteiger partial charge on any atom is 0.254 e. The molecule has 3 heterocycles. The smallest absolute Gasteiger partial charge is 0.254 e. The number of carbonyl (C=O) groups excluding carboxylic acids is 2. The Labute approximate surface area is 180 Å². The SMILES string of the molecule is CC1(C)CC2CC(C)(CN2C(=O)c2ccc3[nH]cc(C(=O)NCc4nn[nH]n4)c3c2)C1. The second kappa shape index (κ2) is 6.90. The zero-order chi connectivity index (χ0) is 21.8. The third-order valence-corrected chi connectivity index (χ3v) is 6.65. The van der Waals surface area contributed by atoms with Gasteiger partial charge >= 0.3 is 0 Å². The number of H-pyrrole nitrogens is 2. The monoisotopic (exact) mass is 421 g/mol. The van der Waals surface area contributed by atoms with Crippen LogP contribution >= 0.6 is 0 Å². The molecular formula is C22H27N7O2. The van der Waals surface area contributed by atoms with Gasteiger partial charge in [-0.3, -0.25) is 9.59 Å². The molecule has 0 radical (unpaired) electrons. The first-order valence-corrected chi connectivity index (χ1v) is 10.7. The summed E-state index contributed by atoms with van der Waals surface area (Å²) in [6.45, 7) is 7.87. The van der Waals surface area contributed by atoms with E-state index in [1.54, 1.807) is 6.20 Å². The average molecular weight is 422 g/mol. The lowest BCUT2D eigenvalue weighted by molar-refractivity contribution is 0.0708. The highest BCUT2D eigenvalue weighted by Crippen LogP contribution is 2.52. The highest BCUT2D eigenvalue weighted by Gasteiger charge is 2.51. The summed E-state index contributed by atoms with van der Waals surface area (Å²) < 4.78 is 0. The first-order chi connectivity index (χ1) is 14.7. The van der Waals surface area contributed by atoms with E-state index in [9.17, 15) is 9.59 Å². The third-order valence-electron chi connectivity index (χ3n) is 6.65. The molecule has 1 aromatic carbocycles. The molecule has 1 aliphatic carbocycles. The molecule has 1 saturated heterocycles. The molecule has 2 aliphatic rings. The lowest BCUT2D eigenvalue weighted by Gasteiger charge is -2.39. The lowest BCUT2D eigenvalue weighted by Crippen LogP contribution is -2.37. The molecule has 162 valence electrons. The van der Waals surface area contributed by atoms with Gasteiger partial charge in [0.2, 0.25) is 0 Å². The third kappa shape index (κ3) is 3.58. The summed E-state index contributed by atoms with van der Waals surface area (Å²) in [6.07, 6.45) is 4.90. The predicted molar refractivity (Wildman–Crippen MR) is 114 cm³/mol. The zero-order valence-electron chi connectivity index (χ0n) is 18.0. The number of nitrogens with zero attached hydrogens (tertiary/aromatic N) is 4. The number of amides is 2. The minimum Gasteiger partial charge on any atom is -0.360 e. The van der Waals surface area contributed by atoms with E-state index < -0.39 is 0 Å². The lowest BCUT2D eigenvalue weighted by atomic mass is 9.65. The molecule has 2 amide bonds. The Morgan fingerprint density at radius 1 is 1.26 bits per heavy atom. The Hall–Kier alpha value is -3.23. The van der Waals surface area contributed by atoms with Crippen LogP contribution in [0.4, 0.5) is 0 Å². The van der Waals surface area contributed by atoms with Crippen molar-refractivity contribution in [1.82, 2.24) is 35.8 Å². The number of likely N-dealkylation sites (tertiary alicyclic amines) is 1. The fourth-order valence-corrected chi connectivity index (χ4v) is 5.82. The van der Waals surface area contributed by atoms with E-state index in [2.05, 4.69) is 56.6 Å². The van der Waals surface area contributed by atoms with Crippen LogP contribution in [0.5, 0.6) is 0 Å². The van der Waals surface area contributed by atoms with Crippen molar-refractivity contribution in [2.75, 3.05) is 6.54 Å². The van der Waals surface area contributed by atoms with Gasteiger partial charge in [0, 0.05) is 35.2 Å². The molecule has 9 nitrogen and oxygen atoms in total. The summed E-state index contributed by atoms with van der Waals surface area (Å²) >= 11 is 0. The van der Waals surface area contributed by atoms with E-state index in [0.717, 1.165) is 36.7 Å². The number of fused-ring (bicyclic) bond motifs is 3. The molecule has 3 N–H and O–H groups in total. The first kappa shape index (κ1) is 19.7. The summed E-state index contributed by atoms with van der Waals surface area (Å²) in [6, 6.07) is 5.82. The van der Waals surface area contributed by atoms with Crippen molar-refractivity contribution in [2.45, 2.75) is 52.6 Å². The van der Waals surface area contributed by atoms with E-state index in [-0.39, 0.29) is 35.2 Å². The number of tetrazole rings is 1. The Balaban J connectivity index is 1.39. The quantitative estimate of drug-likeness (QED) is 0.598. The van der Waals surface area contributed by atoms with Crippen LogP contribution in [0.2, 0.25) is 0 Å². The summed E-state index contributed by atoms with van der Waals surface area (Å²) in [5, 5.41) is 17.0. The topological polar surface area (TPSA) is 120 Å². The van der Waals surface area contributed by atoms with Gasteiger partial charge in [0.1, 0.15) is 0 Å². The van der Waals surface area contributed by atoms with Crippen LogP contribution in [0.3, 0.4) is 0 Å². The van der Waals surface area contributed by atoms with Crippen molar-refractivity contribution < 1.29 is 9.59 Å². The van der Waals surface area contributed by atoms with Crippen LogP contribution in [0.25, 0.3) is 10.9 Å². The van der Waals surface area contributed by atoms with Gasteiger partial charge in [0.15, 0.2) is 5.82 Å². The number of aromatic amines is 2. The second-order valence-corrected chi connectivity index (χ2v) is 10.1. The minimum atomic E-state index is -0.257. The van der Waals surface area contributed by atoms with E-state index in [0.29, 0.717) is 17.0 Å². The van der Waals surface area contributed by atoms with Gasteiger partial charge in [0.25, 0.3) is 11.8 Å². The molecule has 2 bridgehead atoms. The average Bonchev–Trinajstić information content (AvgIpc) is 3.42. The number of carbonyl (C=O) groups is 2. The number of nitrogens with one attached hydrogen (secondary N) is 3. The summed E-state index contributed by atoms with van der Waals surface area (Å²) in [5.41, 5.74) is 2.35. The van der Waals surface area contributed by atoms with Crippen LogP contribution in [0.15, 0.2) is 24.4 Å². The van der Waals surface area contributed by atoms with E-state index >= 15 is 0 Å². The van der Waals surface area contributed by atoms with Gasteiger partial charge in [-0.2, -0.15) is 5.21 Å². The molecule has 9 heteroatoms. The minimum absolute atomic E-state index is 0.0488. The molecule has 1 aliphatic heterocycles. The molecule has 2 fully saturated rings. The van der Waals surface area contributed by atoms with Gasteiger partial charge in [-0.25, -0.2) is 0 Å². The molecule has 3 aromatic rings. The molecule has 0 spiro atoms.